The van der Waals surface area contributed by atoms with Crippen LogP contribution in [-0.2, 0) is 11.2 Å². The smallest absolute Gasteiger partial charge is 0.303 e. The largest absolute Gasteiger partial charge is 0.481 e. The fourth-order valence-electron chi connectivity index (χ4n) is 2.32. The highest BCUT2D eigenvalue weighted by atomic mass is 16.4. The maximum Gasteiger partial charge on any atom is 0.303 e. The second-order valence-electron chi connectivity index (χ2n) is 4.76. The van der Waals surface area contributed by atoms with Gasteiger partial charge in [0.2, 0.25) is 0 Å². The topological polar surface area (TPSA) is 66.3 Å². The predicted octanol–water partition coefficient (Wildman–Crippen LogP) is 1.73. The number of rotatable bonds is 4. The van der Waals surface area contributed by atoms with Crippen molar-refractivity contribution < 1.29 is 9.90 Å². The first-order valence-electron chi connectivity index (χ1n) is 6.48. The number of nitrogens with zero attached hydrogens (tertiary/aromatic N) is 3. The van der Waals surface area contributed by atoms with Crippen molar-refractivity contribution in [2.45, 2.75) is 32.6 Å². The number of anilines is 1. The highest BCUT2D eigenvalue weighted by Crippen LogP contribution is 2.23. The van der Waals surface area contributed by atoms with E-state index in [0.717, 1.165) is 43.9 Å². The highest BCUT2D eigenvalue weighted by Gasteiger charge is 2.22. The lowest BCUT2D eigenvalue weighted by Gasteiger charge is -2.31. The monoisotopic (exact) mass is 249 g/mol. The Morgan fingerprint density at radius 3 is 2.61 bits per heavy atom. The Balaban J connectivity index is 1.90. The minimum Gasteiger partial charge on any atom is -0.481 e. The van der Waals surface area contributed by atoms with Gasteiger partial charge >= 0.3 is 5.97 Å². The van der Waals surface area contributed by atoms with Crippen LogP contribution in [0.3, 0.4) is 0 Å². The molecule has 0 aromatic carbocycles. The summed E-state index contributed by atoms with van der Waals surface area (Å²) in [7, 11) is 0. The lowest BCUT2D eigenvalue weighted by atomic mass is 9.94. The average molecular weight is 249 g/mol. The molecule has 1 aromatic rings. The van der Waals surface area contributed by atoms with Crippen molar-refractivity contribution in [3.8, 4) is 0 Å². The Hall–Kier alpha value is -1.65. The normalized spacial score (nSPS) is 16.8. The van der Waals surface area contributed by atoms with Crippen molar-refractivity contribution in [3.63, 3.8) is 0 Å². The first-order chi connectivity index (χ1) is 8.69. The summed E-state index contributed by atoms with van der Waals surface area (Å²) in [5.41, 5.74) is 1.000. The van der Waals surface area contributed by atoms with Crippen LogP contribution >= 0.6 is 0 Å². The van der Waals surface area contributed by atoms with Crippen LogP contribution in [0.2, 0.25) is 0 Å². The van der Waals surface area contributed by atoms with Crippen LogP contribution in [0.15, 0.2) is 12.1 Å². The summed E-state index contributed by atoms with van der Waals surface area (Å²) in [5.74, 6) is 0.517. The average Bonchev–Trinajstić information content (AvgIpc) is 2.39. The molecule has 5 heteroatoms. The van der Waals surface area contributed by atoms with E-state index in [1.807, 2.05) is 12.1 Å². The van der Waals surface area contributed by atoms with Gasteiger partial charge in [0.05, 0.1) is 5.69 Å². The highest BCUT2D eigenvalue weighted by molar-refractivity contribution is 5.67. The molecule has 98 valence electrons. The van der Waals surface area contributed by atoms with Gasteiger partial charge in [-0.1, -0.05) is 6.92 Å². The van der Waals surface area contributed by atoms with Crippen LogP contribution in [-0.4, -0.2) is 34.4 Å². The summed E-state index contributed by atoms with van der Waals surface area (Å²) >= 11 is 0. The van der Waals surface area contributed by atoms with Crippen LogP contribution in [0.5, 0.6) is 0 Å². The van der Waals surface area contributed by atoms with Crippen molar-refractivity contribution >= 4 is 11.8 Å². The van der Waals surface area contributed by atoms with Gasteiger partial charge in [-0.3, -0.25) is 4.79 Å². The minimum absolute atomic E-state index is 0.286. The van der Waals surface area contributed by atoms with Crippen molar-refractivity contribution in [2.75, 3.05) is 18.0 Å². The number of aromatic nitrogens is 2. The lowest BCUT2D eigenvalue weighted by Crippen LogP contribution is -2.35. The molecule has 0 bridgehead atoms. The quantitative estimate of drug-likeness (QED) is 0.880. The number of hydrogen-bond donors (Lipinski definition) is 1. The SMILES string of the molecule is CCc1ccc(N2CCC(CC(=O)O)CC2)nn1. The van der Waals surface area contributed by atoms with E-state index in [-0.39, 0.29) is 6.42 Å². The Labute approximate surface area is 107 Å². The third-order valence-corrected chi connectivity index (χ3v) is 3.47. The fourth-order valence-corrected chi connectivity index (χ4v) is 2.32. The molecule has 1 aliphatic rings. The second-order valence-corrected chi connectivity index (χ2v) is 4.76. The molecule has 0 saturated carbocycles. The Bertz CT molecular complexity index is 397. The van der Waals surface area contributed by atoms with Gasteiger partial charge in [-0.25, -0.2) is 0 Å². The molecule has 2 heterocycles. The number of carboxylic acid groups (broad SMARTS) is 1. The zero-order valence-electron chi connectivity index (χ0n) is 10.7. The van der Waals surface area contributed by atoms with E-state index in [9.17, 15) is 4.79 Å². The van der Waals surface area contributed by atoms with E-state index in [2.05, 4.69) is 22.0 Å². The van der Waals surface area contributed by atoms with Crippen LogP contribution in [0, 0.1) is 5.92 Å². The van der Waals surface area contributed by atoms with Gasteiger partial charge in [0.15, 0.2) is 5.82 Å². The van der Waals surface area contributed by atoms with Gasteiger partial charge in [-0.15, -0.1) is 5.10 Å². The van der Waals surface area contributed by atoms with Crippen molar-refractivity contribution in [1.82, 2.24) is 10.2 Å². The van der Waals surface area contributed by atoms with Crippen LogP contribution < -0.4 is 4.90 Å². The predicted molar refractivity (Wildman–Crippen MR) is 68.6 cm³/mol. The minimum atomic E-state index is -0.694. The first-order valence-corrected chi connectivity index (χ1v) is 6.48. The molecule has 2 rings (SSSR count). The van der Waals surface area contributed by atoms with Crippen LogP contribution in [0.4, 0.5) is 5.82 Å². The zero-order valence-corrected chi connectivity index (χ0v) is 10.7. The molecular weight excluding hydrogens is 230 g/mol. The van der Waals surface area contributed by atoms with Gasteiger partial charge < -0.3 is 10.0 Å². The Morgan fingerprint density at radius 1 is 1.39 bits per heavy atom. The Kier molecular flexibility index (Phi) is 4.12. The van der Waals surface area contributed by atoms with Crippen molar-refractivity contribution in [2.24, 2.45) is 5.92 Å². The molecule has 1 N–H and O–H groups in total. The van der Waals surface area contributed by atoms with Gasteiger partial charge in [-0.05, 0) is 37.3 Å². The van der Waals surface area contributed by atoms with Gasteiger partial charge in [-0.2, -0.15) is 5.10 Å². The third kappa shape index (κ3) is 3.18. The molecule has 1 saturated heterocycles. The summed E-state index contributed by atoms with van der Waals surface area (Å²) < 4.78 is 0. The van der Waals surface area contributed by atoms with Crippen molar-refractivity contribution in [3.05, 3.63) is 17.8 Å². The van der Waals surface area contributed by atoms with E-state index in [1.54, 1.807) is 0 Å². The maximum absolute atomic E-state index is 10.7. The molecule has 5 nitrogen and oxygen atoms in total. The molecule has 18 heavy (non-hydrogen) atoms. The third-order valence-electron chi connectivity index (χ3n) is 3.47. The first kappa shape index (κ1) is 12.8. The summed E-state index contributed by atoms with van der Waals surface area (Å²) in [6.45, 7) is 3.80. The van der Waals surface area contributed by atoms with Crippen LogP contribution in [0.25, 0.3) is 0 Å². The molecule has 0 amide bonds. The number of hydrogen-bond acceptors (Lipinski definition) is 4. The van der Waals surface area contributed by atoms with E-state index < -0.39 is 5.97 Å². The van der Waals surface area contributed by atoms with Gasteiger partial charge in [0.25, 0.3) is 0 Å². The molecule has 0 aliphatic carbocycles. The molecule has 1 aliphatic heterocycles. The zero-order chi connectivity index (χ0) is 13.0. The summed E-state index contributed by atoms with van der Waals surface area (Å²) in [6, 6.07) is 4.01. The van der Waals surface area contributed by atoms with Gasteiger partial charge in [0, 0.05) is 19.5 Å². The Morgan fingerprint density at radius 2 is 2.11 bits per heavy atom. The van der Waals surface area contributed by atoms with E-state index in [0.29, 0.717) is 5.92 Å². The summed E-state index contributed by atoms with van der Waals surface area (Å²) in [5, 5.41) is 17.1. The molecule has 1 aromatic heterocycles. The number of piperidine rings is 1. The van der Waals surface area contributed by atoms with E-state index in [1.165, 1.54) is 0 Å². The molecule has 1 fully saturated rings. The molecule has 0 radical (unpaired) electrons. The maximum atomic E-state index is 10.7. The van der Waals surface area contributed by atoms with Gasteiger partial charge in [0.1, 0.15) is 0 Å². The number of carboxylic acids is 1. The number of carbonyl (C=O) groups is 1. The molecule has 0 unspecified atom stereocenters. The fraction of sp³-hybridized carbons (Fsp3) is 0.615. The van der Waals surface area contributed by atoms with E-state index >= 15 is 0 Å². The molecule has 0 spiro atoms. The standard InChI is InChI=1S/C13H19N3O2/c1-2-11-3-4-12(15-14-11)16-7-5-10(6-8-16)9-13(17)18/h3-4,10H,2,5-9H2,1H3,(H,17,18). The molecule has 0 atom stereocenters. The number of aryl methyl sites for hydroxylation is 1. The summed E-state index contributed by atoms with van der Waals surface area (Å²) in [4.78, 5) is 12.8. The van der Waals surface area contributed by atoms with Crippen molar-refractivity contribution in [1.29, 1.82) is 0 Å². The molecular formula is C13H19N3O2. The van der Waals surface area contributed by atoms with Crippen LogP contribution in [0.1, 0.15) is 31.9 Å². The number of aliphatic carboxylic acids is 1. The summed E-state index contributed by atoms with van der Waals surface area (Å²) in [6.07, 6.45) is 3.02. The second kappa shape index (κ2) is 5.80. The lowest BCUT2D eigenvalue weighted by molar-refractivity contribution is -0.138. The van der Waals surface area contributed by atoms with E-state index in [4.69, 9.17) is 5.11 Å².